The van der Waals surface area contributed by atoms with Crippen LogP contribution in [0, 0.1) is 6.92 Å². The number of anilines is 1. The largest absolute Gasteiger partial charge is 0.465 e. The maximum Gasteiger partial charge on any atom is 0.339 e. The van der Waals surface area contributed by atoms with Gasteiger partial charge >= 0.3 is 5.97 Å². The molecule has 1 N–H and O–H groups in total. The lowest BCUT2D eigenvalue weighted by Crippen LogP contribution is -2.17. The highest BCUT2D eigenvalue weighted by molar-refractivity contribution is 7.99. The van der Waals surface area contributed by atoms with Gasteiger partial charge in [0.2, 0.25) is 11.8 Å². The maximum absolute atomic E-state index is 12.2. The molecule has 0 saturated carbocycles. The van der Waals surface area contributed by atoms with Gasteiger partial charge in [-0.05, 0) is 19.1 Å². The fourth-order valence-electron chi connectivity index (χ4n) is 2.21. The third-order valence-corrected chi connectivity index (χ3v) is 5.02. The third kappa shape index (κ3) is 5.14. The number of benzene rings is 1. The fraction of sp³-hybridized carbons (Fsp3) is 0.235. The molecule has 0 unspecified atom stereocenters. The SMILES string of the molecule is COC(=O)c1ccccc1NC(=O)CSc1nnc(Cc2csc(C)n2)o1. The number of carbonyl (C=O) groups excluding carboxylic acids is 2. The normalized spacial score (nSPS) is 10.6. The molecule has 10 heteroatoms. The molecule has 0 aliphatic heterocycles. The van der Waals surface area contributed by atoms with E-state index in [0.29, 0.717) is 23.2 Å². The van der Waals surface area contributed by atoms with Gasteiger partial charge in [-0.3, -0.25) is 4.79 Å². The van der Waals surface area contributed by atoms with E-state index < -0.39 is 5.97 Å². The van der Waals surface area contributed by atoms with Crippen LogP contribution in [0.25, 0.3) is 0 Å². The molecule has 2 aromatic heterocycles. The summed E-state index contributed by atoms with van der Waals surface area (Å²) in [6.07, 6.45) is 0.455. The number of thioether (sulfide) groups is 1. The van der Waals surface area contributed by atoms with Gasteiger partial charge in [-0.25, -0.2) is 9.78 Å². The minimum Gasteiger partial charge on any atom is -0.465 e. The van der Waals surface area contributed by atoms with Gasteiger partial charge in [0.15, 0.2) is 0 Å². The van der Waals surface area contributed by atoms with Gasteiger partial charge in [0.05, 0.1) is 41.2 Å². The second-order valence-electron chi connectivity index (χ2n) is 5.37. The number of amides is 1. The van der Waals surface area contributed by atoms with E-state index in [1.807, 2.05) is 12.3 Å². The van der Waals surface area contributed by atoms with E-state index in [4.69, 9.17) is 9.15 Å². The fourth-order valence-corrected chi connectivity index (χ4v) is 3.40. The Balaban J connectivity index is 1.55. The van der Waals surface area contributed by atoms with Crippen LogP contribution in [0.15, 0.2) is 39.3 Å². The number of thiazole rings is 1. The molecule has 2 heterocycles. The maximum atomic E-state index is 12.2. The van der Waals surface area contributed by atoms with Crippen molar-refractivity contribution >= 4 is 40.7 Å². The average molecular weight is 404 g/mol. The lowest BCUT2D eigenvalue weighted by Gasteiger charge is -2.08. The molecule has 0 spiro atoms. The second kappa shape index (κ2) is 8.78. The van der Waals surface area contributed by atoms with Crippen molar-refractivity contribution in [2.24, 2.45) is 0 Å². The van der Waals surface area contributed by atoms with Crippen LogP contribution in [0.5, 0.6) is 0 Å². The number of nitrogens with one attached hydrogen (secondary N) is 1. The van der Waals surface area contributed by atoms with Crippen LogP contribution in [0.1, 0.15) is 27.0 Å². The van der Waals surface area contributed by atoms with Gasteiger partial charge in [-0.1, -0.05) is 23.9 Å². The number of methoxy groups -OCH3 is 1. The molecule has 0 aliphatic rings. The van der Waals surface area contributed by atoms with Crippen LogP contribution in [0.3, 0.4) is 0 Å². The number of hydrogen-bond acceptors (Lipinski definition) is 9. The van der Waals surface area contributed by atoms with Crippen molar-refractivity contribution in [3.63, 3.8) is 0 Å². The molecule has 3 aromatic rings. The summed E-state index contributed by atoms with van der Waals surface area (Å²) in [4.78, 5) is 28.2. The third-order valence-electron chi connectivity index (χ3n) is 3.38. The summed E-state index contributed by atoms with van der Waals surface area (Å²) in [7, 11) is 1.29. The van der Waals surface area contributed by atoms with Crippen LogP contribution >= 0.6 is 23.1 Å². The summed E-state index contributed by atoms with van der Waals surface area (Å²) in [5.74, 6) is -0.310. The van der Waals surface area contributed by atoms with E-state index in [0.717, 1.165) is 22.5 Å². The number of nitrogens with zero attached hydrogens (tertiary/aromatic N) is 3. The summed E-state index contributed by atoms with van der Waals surface area (Å²) in [6.45, 7) is 1.93. The zero-order valence-corrected chi connectivity index (χ0v) is 16.2. The van der Waals surface area contributed by atoms with Gasteiger partial charge in [0.1, 0.15) is 0 Å². The highest BCUT2D eigenvalue weighted by Gasteiger charge is 2.15. The van der Waals surface area contributed by atoms with Crippen LogP contribution < -0.4 is 5.32 Å². The first-order chi connectivity index (χ1) is 13.0. The summed E-state index contributed by atoms with van der Waals surface area (Å²) in [5, 5.41) is 13.8. The van der Waals surface area contributed by atoms with Crippen LogP contribution in [0.2, 0.25) is 0 Å². The van der Waals surface area contributed by atoms with Gasteiger partial charge in [-0.2, -0.15) is 0 Å². The van der Waals surface area contributed by atoms with E-state index in [1.54, 1.807) is 35.6 Å². The molecule has 0 atom stereocenters. The topological polar surface area (TPSA) is 107 Å². The first-order valence-corrected chi connectivity index (χ1v) is 9.75. The van der Waals surface area contributed by atoms with E-state index in [-0.39, 0.29) is 17.2 Å². The number of hydrogen-bond donors (Lipinski definition) is 1. The molecule has 0 fully saturated rings. The highest BCUT2D eigenvalue weighted by Crippen LogP contribution is 2.20. The molecule has 1 amide bonds. The number of rotatable bonds is 7. The number of para-hydroxylation sites is 1. The number of carbonyl (C=O) groups is 2. The number of aromatic nitrogens is 3. The second-order valence-corrected chi connectivity index (χ2v) is 7.36. The minimum atomic E-state index is -0.516. The van der Waals surface area contributed by atoms with Crippen molar-refractivity contribution < 1.29 is 18.7 Å². The predicted molar refractivity (Wildman–Crippen MR) is 101 cm³/mol. The zero-order chi connectivity index (χ0) is 19.2. The minimum absolute atomic E-state index is 0.0624. The molecule has 8 nitrogen and oxygen atoms in total. The van der Waals surface area contributed by atoms with Crippen molar-refractivity contribution in [3.05, 3.63) is 51.8 Å². The molecule has 0 bridgehead atoms. The number of ether oxygens (including phenoxy) is 1. The highest BCUT2D eigenvalue weighted by atomic mass is 32.2. The van der Waals surface area contributed by atoms with Crippen LogP contribution in [0.4, 0.5) is 5.69 Å². The first kappa shape index (κ1) is 19.1. The molecule has 1 aromatic carbocycles. The molecular weight excluding hydrogens is 388 g/mol. The summed E-state index contributed by atoms with van der Waals surface area (Å²) >= 11 is 2.68. The molecular formula is C17H16N4O4S2. The van der Waals surface area contributed by atoms with Crippen LogP contribution in [-0.4, -0.2) is 39.9 Å². The van der Waals surface area contributed by atoms with Gasteiger partial charge in [0.25, 0.3) is 5.22 Å². The lowest BCUT2D eigenvalue weighted by molar-refractivity contribution is -0.113. The van der Waals surface area contributed by atoms with E-state index >= 15 is 0 Å². The standard InChI is InChI=1S/C17H16N4O4S2/c1-10-18-11(8-26-10)7-15-20-21-17(25-15)27-9-14(22)19-13-6-4-3-5-12(13)16(23)24-2/h3-6,8H,7,9H2,1-2H3,(H,19,22). The molecule has 0 aliphatic carbocycles. The molecule has 27 heavy (non-hydrogen) atoms. The van der Waals surface area contributed by atoms with E-state index in [2.05, 4.69) is 20.5 Å². The van der Waals surface area contributed by atoms with Gasteiger partial charge in [-0.15, -0.1) is 21.5 Å². The Hall–Kier alpha value is -2.72. The predicted octanol–water partition coefficient (Wildman–Crippen LogP) is 2.94. The summed E-state index contributed by atoms with van der Waals surface area (Å²) in [5.41, 5.74) is 1.55. The first-order valence-electron chi connectivity index (χ1n) is 7.88. The van der Waals surface area contributed by atoms with Gasteiger partial charge in [0, 0.05) is 5.38 Å². The summed E-state index contributed by atoms with van der Waals surface area (Å²) < 4.78 is 10.2. The van der Waals surface area contributed by atoms with Crippen molar-refractivity contribution in [2.75, 3.05) is 18.2 Å². The molecule has 140 valence electrons. The van der Waals surface area contributed by atoms with E-state index in [9.17, 15) is 9.59 Å². The van der Waals surface area contributed by atoms with Crippen LogP contribution in [-0.2, 0) is 16.0 Å². The molecule has 3 rings (SSSR count). The Bertz CT molecular complexity index is 954. The van der Waals surface area contributed by atoms with Crippen molar-refractivity contribution in [2.45, 2.75) is 18.6 Å². The smallest absolute Gasteiger partial charge is 0.339 e. The molecule has 0 radical (unpaired) electrons. The lowest BCUT2D eigenvalue weighted by atomic mass is 10.2. The average Bonchev–Trinajstić information content (AvgIpc) is 3.29. The quantitative estimate of drug-likeness (QED) is 0.473. The Labute approximate surface area is 163 Å². The van der Waals surface area contributed by atoms with Crippen molar-refractivity contribution in [1.29, 1.82) is 0 Å². The Morgan fingerprint density at radius 1 is 1.30 bits per heavy atom. The Morgan fingerprint density at radius 3 is 2.85 bits per heavy atom. The van der Waals surface area contributed by atoms with Gasteiger partial charge < -0.3 is 14.5 Å². The number of esters is 1. The Morgan fingerprint density at radius 2 is 2.11 bits per heavy atom. The molecule has 0 saturated heterocycles. The van der Waals surface area contributed by atoms with Crippen molar-refractivity contribution in [1.82, 2.24) is 15.2 Å². The van der Waals surface area contributed by atoms with E-state index in [1.165, 1.54) is 7.11 Å². The zero-order valence-electron chi connectivity index (χ0n) is 14.6. The Kier molecular flexibility index (Phi) is 6.20. The monoisotopic (exact) mass is 404 g/mol. The summed E-state index contributed by atoms with van der Waals surface area (Å²) in [6, 6.07) is 6.63. The number of aryl methyl sites for hydroxylation is 1. The van der Waals surface area contributed by atoms with Crippen molar-refractivity contribution in [3.8, 4) is 0 Å².